The van der Waals surface area contributed by atoms with Crippen LogP contribution in [0.15, 0.2) is 0 Å². The van der Waals surface area contributed by atoms with Crippen LogP contribution in [0.4, 0.5) is 0 Å². The normalized spacial score (nSPS) is 24.2. The summed E-state index contributed by atoms with van der Waals surface area (Å²) >= 11 is 0. The average Bonchev–Trinajstić information content (AvgIpc) is 2.93. The Bertz CT molecular complexity index is 475. The van der Waals surface area contributed by atoms with Crippen molar-refractivity contribution >= 4 is 5.97 Å². The van der Waals surface area contributed by atoms with Crippen LogP contribution in [-0.2, 0) is 13.0 Å². The number of carboxylic acid groups (broad SMARTS) is 1. The minimum Gasteiger partial charge on any atom is -0.476 e. The van der Waals surface area contributed by atoms with Crippen LogP contribution in [0, 0.1) is 0 Å². The molecule has 3 N–H and O–H groups in total. The van der Waals surface area contributed by atoms with Gasteiger partial charge in [0, 0.05) is 24.9 Å². The number of imidazole rings is 1. The summed E-state index contributed by atoms with van der Waals surface area (Å²) in [5.41, 5.74) is 7.01. The predicted molar refractivity (Wildman–Crippen MR) is 66.7 cm³/mol. The quantitative estimate of drug-likeness (QED) is 0.832. The zero-order chi connectivity index (χ0) is 12.7. The molecule has 1 atom stereocenters. The average molecular weight is 249 g/mol. The molecule has 0 aromatic carbocycles. The standard InChI is InChI=1S/C13H19N3O2/c14-9-5-6-16-10(7-9)11(13(17)18)15-12(16)8-3-1-2-4-8/h8-9H,1-7,14H2,(H,17,18). The Labute approximate surface area is 106 Å². The molecular formula is C13H19N3O2. The van der Waals surface area contributed by atoms with Gasteiger partial charge in [-0.1, -0.05) is 12.8 Å². The molecule has 0 spiro atoms. The Hall–Kier alpha value is -1.36. The van der Waals surface area contributed by atoms with Gasteiger partial charge < -0.3 is 15.4 Å². The summed E-state index contributed by atoms with van der Waals surface area (Å²) in [5, 5.41) is 9.27. The summed E-state index contributed by atoms with van der Waals surface area (Å²) in [4.78, 5) is 15.7. The van der Waals surface area contributed by atoms with Gasteiger partial charge >= 0.3 is 5.97 Å². The van der Waals surface area contributed by atoms with E-state index < -0.39 is 5.97 Å². The largest absolute Gasteiger partial charge is 0.476 e. The summed E-state index contributed by atoms with van der Waals surface area (Å²) < 4.78 is 2.13. The topological polar surface area (TPSA) is 81.1 Å². The molecule has 0 saturated heterocycles. The summed E-state index contributed by atoms with van der Waals surface area (Å²) in [7, 11) is 0. The first-order valence-electron chi connectivity index (χ1n) is 6.75. The van der Waals surface area contributed by atoms with Crippen molar-refractivity contribution in [1.82, 2.24) is 9.55 Å². The molecular weight excluding hydrogens is 230 g/mol. The maximum Gasteiger partial charge on any atom is 0.356 e. The molecule has 98 valence electrons. The van der Waals surface area contributed by atoms with Crippen LogP contribution in [0.3, 0.4) is 0 Å². The molecule has 0 radical (unpaired) electrons. The number of carbonyl (C=O) groups is 1. The van der Waals surface area contributed by atoms with Crippen molar-refractivity contribution in [1.29, 1.82) is 0 Å². The van der Waals surface area contributed by atoms with E-state index in [1.807, 2.05) is 0 Å². The fourth-order valence-electron chi connectivity index (χ4n) is 3.27. The molecule has 18 heavy (non-hydrogen) atoms. The fourth-order valence-corrected chi connectivity index (χ4v) is 3.27. The van der Waals surface area contributed by atoms with Gasteiger partial charge in [-0.05, 0) is 19.3 Å². The Kier molecular flexibility index (Phi) is 2.86. The number of rotatable bonds is 2. The smallest absolute Gasteiger partial charge is 0.356 e. The Balaban J connectivity index is 2.04. The molecule has 2 aliphatic rings. The van der Waals surface area contributed by atoms with Gasteiger partial charge in [-0.25, -0.2) is 9.78 Å². The summed E-state index contributed by atoms with van der Waals surface area (Å²) in [6, 6.07) is 0.0729. The third kappa shape index (κ3) is 1.82. The molecule has 1 unspecified atom stereocenters. The van der Waals surface area contributed by atoms with Crippen molar-refractivity contribution in [3.8, 4) is 0 Å². The SMILES string of the molecule is NC1CCn2c(C3CCCC3)nc(C(=O)O)c2C1. The van der Waals surface area contributed by atoms with E-state index in [0.717, 1.165) is 37.3 Å². The van der Waals surface area contributed by atoms with Crippen LogP contribution < -0.4 is 5.73 Å². The molecule has 1 saturated carbocycles. The van der Waals surface area contributed by atoms with Crippen molar-refractivity contribution in [2.75, 3.05) is 0 Å². The Morgan fingerprint density at radius 1 is 1.33 bits per heavy atom. The van der Waals surface area contributed by atoms with Gasteiger partial charge in [0.15, 0.2) is 5.69 Å². The van der Waals surface area contributed by atoms with Crippen molar-refractivity contribution in [3.63, 3.8) is 0 Å². The highest BCUT2D eigenvalue weighted by atomic mass is 16.4. The molecule has 0 bridgehead atoms. The van der Waals surface area contributed by atoms with Crippen LogP contribution in [-0.4, -0.2) is 26.7 Å². The van der Waals surface area contributed by atoms with E-state index in [4.69, 9.17) is 5.73 Å². The van der Waals surface area contributed by atoms with Crippen LogP contribution in [0.2, 0.25) is 0 Å². The monoisotopic (exact) mass is 249 g/mol. The highest BCUT2D eigenvalue weighted by Crippen LogP contribution is 2.35. The predicted octanol–water partition coefficient (Wildman–Crippen LogP) is 1.51. The summed E-state index contributed by atoms with van der Waals surface area (Å²) in [5.74, 6) is 0.523. The molecule has 5 heteroatoms. The van der Waals surface area contributed by atoms with Crippen LogP contribution >= 0.6 is 0 Å². The van der Waals surface area contributed by atoms with E-state index in [2.05, 4.69) is 9.55 Å². The number of nitrogens with two attached hydrogens (primary N) is 1. The minimum absolute atomic E-state index is 0.0729. The van der Waals surface area contributed by atoms with Gasteiger partial charge in [-0.15, -0.1) is 0 Å². The number of aromatic carboxylic acids is 1. The summed E-state index contributed by atoms with van der Waals surface area (Å²) in [6.45, 7) is 0.822. The molecule has 0 amide bonds. The van der Waals surface area contributed by atoms with E-state index in [0.29, 0.717) is 12.3 Å². The van der Waals surface area contributed by atoms with Crippen LogP contribution in [0.25, 0.3) is 0 Å². The second kappa shape index (κ2) is 4.39. The third-order valence-corrected chi connectivity index (χ3v) is 4.20. The number of hydrogen-bond donors (Lipinski definition) is 2. The lowest BCUT2D eigenvalue weighted by molar-refractivity contribution is 0.0689. The fraction of sp³-hybridized carbons (Fsp3) is 0.692. The van der Waals surface area contributed by atoms with E-state index in [1.54, 1.807) is 0 Å². The number of carboxylic acids is 1. The number of nitrogens with zero attached hydrogens (tertiary/aromatic N) is 2. The molecule has 2 heterocycles. The first-order valence-corrected chi connectivity index (χ1v) is 6.75. The Morgan fingerprint density at radius 2 is 2.06 bits per heavy atom. The van der Waals surface area contributed by atoms with Crippen LogP contribution in [0.1, 0.15) is 60.0 Å². The van der Waals surface area contributed by atoms with E-state index in [-0.39, 0.29) is 11.7 Å². The van der Waals surface area contributed by atoms with E-state index in [1.165, 1.54) is 12.8 Å². The zero-order valence-corrected chi connectivity index (χ0v) is 10.4. The number of fused-ring (bicyclic) bond motifs is 1. The van der Waals surface area contributed by atoms with Gasteiger partial charge in [0.2, 0.25) is 0 Å². The first-order chi connectivity index (χ1) is 8.66. The highest BCUT2D eigenvalue weighted by molar-refractivity contribution is 5.87. The molecule has 1 aromatic heterocycles. The number of aromatic nitrogens is 2. The molecule has 1 aromatic rings. The molecule has 1 aliphatic carbocycles. The van der Waals surface area contributed by atoms with Crippen molar-refractivity contribution in [2.45, 2.75) is 57.0 Å². The van der Waals surface area contributed by atoms with Crippen LogP contribution in [0.5, 0.6) is 0 Å². The molecule has 1 aliphatic heterocycles. The first kappa shape index (κ1) is 11.7. The maximum atomic E-state index is 11.3. The van der Waals surface area contributed by atoms with Gasteiger partial charge in [0.1, 0.15) is 5.82 Å². The third-order valence-electron chi connectivity index (χ3n) is 4.20. The van der Waals surface area contributed by atoms with Crippen molar-refractivity contribution in [3.05, 3.63) is 17.2 Å². The van der Waals surface area contributed by atoms with Crippen molar-refractivity contribution < 1.29 is 9.90 Å². The molecule has 1 fully saturated rings. The van der Waals surface area contributed by atoms with E-state index >= 15 is 0 Å². The zero-order valence-electron chi connectivity index (χ0n) is 10.4. The second-order valence-corrected chi connectivity index (χ2v) is 5.46. The highest BCUT2D eigenvalue weighted by Gasteiger charge is 2.31. The second-order valence-electron chi connectivity index (χ2n) is 5.46. The van der Waals surface area contributed by atoms with Gasteiger partial charge in [-0.2, -0.15) is 0 Å². The number of hydrogen-bond acceptors (Lipinski definition) is 3. The van der Waals surface area contributed by atoms with Crippen molar-refractivity contribution in [2.24, 2.45) is 5.73 Å². The maximum absolute atomic E-state index is 11.3. The van der Waals surface area contributed by atoms with Gasteiger partial charge in [0.25, 0.3) is 0 Å². The minimum atomic E-state index is -0.919. The van der Waals surface area contributed by atoms with Gasteiger partial charge in [0.05, 0.1) is 5.69 Å². The lowest BCUT2D eigenvalue weighted by atomic mass is 10.0. The molecule has 3 rings (SSSR count). The lowest BCUT2D eigenvalue weighted by Gasteiger charge is -2.23. The molecule has 5 nitrogen and oxygen atoms in total. The Morgan fingerprint density at radius 3 is 2.72 bits per heavy atom. The van der Waals surface area contributed by atoms with E-state index in [9.17, 15) is 9.90 Å². The van der Waals surface area contributed by atoms with Gasteiger partial charge in [-0.3, -0.25) is 0 Å². The summed E-state index contributed by atoms with van der Waals surface area (Å²) in [6.07, 6.45) is 6.30. The lowest BCUT2D eigenvalue weighted by Crippen LogP contribution is -2.32.